The van der Waals surface area contributed by atoms with E-state index in [4.69, 9.17) is 5.73 Å². The van der Waals surface area contributed by atoms with Crippen LogP contribution in [0.3, 0.4) is 0 Å². The van der Waals surface area contributed by atoms with Crippen LogP contribution in [0.4, 0.5) is 0 Å². The molecule has 4 rings (SSSR count). The molecule has 1 nitrogen and oxygen atoms in total. The number of hydrogen-bond acceptors (Lipinski definition) is 1. The first-order valence-corrected chi connectivity index (χ1v) is 9.42. The molecule has 0 aromatic rings. The van der Waals surface area contributed by atoms with Crippen molar-refractivity contribution in [1.82, 2.24) is 0 Å². The van der Waals surface area contributed by atoms with Gasteiger partial charge in [-0.25, -0.2) is 0 Å². The van der Waals surface area contributed by atoms with Gasteiger partial charge >= 0.3 is 0 Å². The van der Waals surface area contributed by atoms with Gasteiger partial charge < -0.3 is 5.73 Å². The van der Waals surface area contributed by atoms with E-state index in [1.807, 2.05) is 5.57 Å². The van der Waals surface area contributed by atoms with E-state index in [0.29, 0.717) is 16.9 Å². The standard InChI is InChI=1S/C20H33N/c1-13-8-10-19(2)14(12-13)4-5-15-16-6-7-18(21)20(16,3)11-9-17(15)19/h12-13,15-18H,4-11,21H2,1-3H3. The minimum atomic E-state index is 0.459. The third-order valence-electron chi connectivity index (χ3n) is 8.41. The topological polar surface area (TPSA) is 26.0 Å². The van der Waals surface area contributed by atoms with Crippen molar-refractivity contribution in [3.05, 3.63) is 11.6 Å². The molecule has 0 aliphatic heterocycles. The van der Waals surface area contributed by atoms with Crippen LogP contribution in [0.1, 0.15) is 72.1 Å². The summed E-state index contributed by atoms with van der Waals surface area (Å²) in [7, 11) is 0. The van der Waals surface area contributed by atoms with Crippen molar-refractivity contribution in [1.29, 1.82) is 0 Å². The molecule has 0 heterocycles. The Bertz CT molecular complexity index is 466. The number of hydrogen-bond donors (Lipinski definition) is 1. The van der Waals surface area contributed by atoms with Crippen molar-refractivity contribution in [3.63, 3.8) is 0 Å². The monoisotopic (exact) mass is 287 g/mol. The van der Waals surface area contributed by atoms with Gasteiger partial charge in [0.25, 0.3) is 0 Å². The molecule has 7 unspecified atom stereocenters. The molecule has 3 fully saturated rings. The Morgan fingerprint density at radius 1 is 1.00 bits per heavy atom. The van der Waals surface area contributed by atoms with Crippen molar-refractivity contribution in [3.8, 4) is 0 Å². The molecule has 0 radical (unpaired) electrons. The average molecular weight is 287 g/mol. The van der Waals surface area contributed by atoms with Gasteiger partial charge in [0.1, 0.15) is 0 Å². The molecule has 3 saturated carbocycles. The van der Waals surface area contributed by atoms with Gasteiger partial charge in [-0.05, 0) is 85.9 Å². The minimum absolute atomic E-state index is 0.459. The second-order valence-corrected chi connectivity index (χ2v) is 9.27. The summed E-state index contributed by atoms with van der Waals surface area (Å²) in [4.78, 5) is 0. The maximum Gasteiger partial charge on any atom is 0.00957 e. The predicted octanol–water partition coefficient (Wildman–Crippen LogP) is 4.91. The molecule has 7 atom stereocenters. The van der Waals surface area contributed by atoms with Crippen molar-refractivity contribution < 1.29 is 0 Å². The van der Waals surface area contributed by atoms with Gasteiger partial charge in [-0.3, -0.25) is 0 Å². The SMILES string of the molecule is CC1C=C2CCC3C(CCC4(C)C(N)CCC34)C2(C)CC1. The molecule has 0 saturated heterocycles. The maximum absolute atomic E-state index is 6.52. The van der Waals surface area contributed by atoms with Gasteiger partial charge in [0.15, 0.2) is 0 Å². The van der Waals surface area contributed by atoms with Gasteiger partial charge in [0.2, 0.25) is 0 Å². The summed E-state index contributed by atoms with van der Waals surface area (Å²) in [5, 5.41) is 0. The van der Waals surface area contributed by atoms with E-state index in [2.05, 4.69) is 26.8 Å². The van der Waals surface area contributed by atoms with E-state index in [1.165, 1.54) is 51.4 Å². The van der Waals surface area contributed by atoms with E-state index < -0.39 is 0 Å². The van der Waals surface area contributed by atoms with Crippen LogP contribution in [-0.2, 0) is 0 Å². The molecule has 4 aliphatic rings. The number of allylic oxidation sites excluding steroid dienone is 2. The van der Waals surface area contributed by atoms with Crippen LogP contribution >= 0.6 is 0 Å². The highest BCUT2D eigenvalue weighted by molar-refractivity contribution is 5.24. The summed E-state index contributed by atoms with van der Waals surface area (Å²) in [6, 6.07) is 0.472. The van der Waals surface area contributed by atoms with Crippen LogP contribution in [0.2, 0.25) is 0 Å². The molecule has 21 heavy (non-hydrogen) atoms. The van der Waals surface area contributed by atoms with Crippen LogP contribution < -0.4 is 5.73 Å². The lowest BCUT2D eigenvalue weighted by molar-refractivity contribution is -0.0421. The highest BCUT2D eigenvalue weighted by Crippen LogP contribution is 2.65. The molecular weight excluding hydrogens is 254 g/mol. The van der Waals surface area contributed by atoms with Crippen molar-refractivity contribution in [2.24, 2.45) is 40.2 Å². The molecule has 0 aromatic carbocycles. The minimum Gasteiger partial charge on any atom is -0.327 e. The van der Waals surface area contributed by atoms with Gasteiger partial charge in [0.05, 0.1) is 0 Å². The Balaban J connectivity index is 1.67. The number of fused-ring (bicyclic) bond motifs is 5. The van der Waals surface area contributed by atoms with Gasteiger partial charge in [-0.2, -0.15) is 0 Å². The fourth-order valence-corrected chi connectivity index (χ4v) is 6.94. The second kappa shape index (κ2) is 4.60. The summed E-state index contributed by atoms with van der Waals surface area (Å²) in [6.45, 7) is 7.54. The van der Waals surface area contributed by atoms with Gasteiger partial charge in [-0.15, -0.1) is 0 Å². The summed E-state index contributed by atoms with van der Waals surface area (Å²) in [5.41, 5.74) is 9.33. The van der Waals surface area contributed by atoms with E-state index >= 15 is 0 Å². The number of rotatable bonds is 0. The zero-order valence-corrected chi connectivity index (χ0v) is 14.2. The Hall–Kier alpha value is -0.300. The first-order chi connectivity index (χ1) is 9.95. The molecule has 0 aromatic heterocycles. The Labute approximate surface area is 130 Å². The first kappa shape index (κ1) is 14.3. The highest BCUT2D eigenvalue weighted by Gasteiger charge is 2.58. The molecule has 0 spiro atoms. The Morgan fingerprint density at radius 3 is 2.62 bits per heavy atom. The van der Waals surface area contributed by atoms with Gasteiger partial charge in [0, 0.05) is 6.04 Å². The van der Waals surface area contributed by atoms with Crippen LogP contribution in [-0.4, -0.2) is 6.04 Å². The molecule has 4 aliphatic carbocycles. The van der Waals surface area contributed by atoms with Crippen LogP contribution in [0.25, 0.3) is 0 Å². The normalized spacial score (nSPS) is 56.2. The second-order valence-electron chi connectivity index (χ2n) is 9.27. The average Bonchev–Trinajstić information content (AvgIpc) is 2.76. The Morgan fingerprint density at radius 2 is 1.81 bits per heavy atom. The zero-order chi connectivity index (χ0) is 14.8. The highest BCUT2D eigenvalue weighted by atomic mass is 14.8. The van der Waals surface area contributed by atoms with Gasteiger partial charge in [-0.1, -0.05) is 32.4 Å². The smallest absolute Gasteiger partial charge is 0.00957 e. The lowest BCUT2D eigenvalue weighted by Gasteiger charge is -2.58. The molecule has 1 heteroatoms. The van der Waals surface area contributed by atoms with Crippen molar-refractivity contribution in [2.75, 3.05) is 0 Å². The first-order valence-electron chi connectivity index (χ1n) is 9.42. The van der Waals surface area contributed by atoms with E-state index in [0.717, 1.165) is 23.7 Å². The van der Waals surface area contributed by atoms with E-state index in [9.17, 15) is 0 Å². The van der Waals surface area contributed by atoms with Crippen molar-refractivity contribution >= 4 is 0 Å². The summed E-state index contributed by atoms with van der Waals surface area (Å²) in [5.74, 6) is 3.66. The summed E-state index contributed by atoms with van der Waals surface area (Å²) < 4.78 is 0. The van der Waals surface area contributed by atoms with E-state index in [-0.39, 0.29) is 0 Å². The van der Waals surface area contributed by atoms with Crippen molar-refractivity contribution in [2.45, 2.75) is 78.2 Å². The molecule has 0 bridgehead atoms. The molecule has 118 valence electrons. The van der Waals surface area contributed by atoms with Crippen LogP contribution in [0.15, 0.2) is 11.6 Å². The third kappa shape index (κ3) is 1.85. The number of nitrogens with two attached hydrogens (primary N) is 1. The maximum atomic E-state index is 6.52. The third-order valence-corrected chi connectivity index (χ3v) is 8.41. The Kier molecular flexibility index (Phi) is 3.13. The quantitative estimate of drug-likeness (QED) is 0.629. The lowest BCUT2D eigenvalue weighted by atomic mass is 9.47. The fourth-order valence-electron chi connectivity index (χ4n) is 6.94. The van der Waals surface area contributed by atoms with Crippen LogP contribution in [0.5, 0.6) is 0 Å². The molecule has 0 amide bonds. The molecule has 2 N–H and O–H groups in total. The summed E-state index contributed by atoms with van der Waals surface area (Å²) in [6.07, 6.45) is 13.8. The largest absolute Gasteiger partial charge is 0.327 e. The summed E-state index contributed by atoms with van der Waals surface area (Å²) >= 11 is 0. The molecular formula is C20H33N. The predicted molar refractivity (Wildman–Crippen MR) is 88.8 cm³/mol. The fraction of sp³-hybridized carbons (Fsp3) is 0.900. The zero-order valence-electron chi connectivity index (χ0n) is 14.2. The van der Waals surface area contributed by atoms with Crippen LogP contribution in [0, 0.1) is 34.5 Å². The lowest BCUT2D eigenvalue weighted by Crippen LogP contribution is -2.52. The van der Waals surface area contributed by atoms with E-state index in [1.54, 1.807) is 0 Å².